The number of fused-ring (bicyclic) bond motifs is 1. The standard InChI is InChI=1S/C56H57N3O/c1-34(2)40-23-24-51(48(30-40)39-15-12-11-13-16-39)59-52-18-14-17-46(53(52)58-55(59)49-32-42(35(3)4)31-47(36(5)6)54(49)60)43-27-44(29-45(28-43)56(8,9)10)50-33-41(25-26-57-50)38-21-19-37(7)20-22-38/h11-36,60H,1-10H3/i34D. The van der Waals surface area contributed by atoms with Gasteiger partial charge >= 0.3 is 0 Å². The van der Waals surface area contributed by atoms with Gasteiger partial charge in [-0.05, 0) is 123 Å². The quantitative estimate of drug-likeness (QED) is 0.158. The SMILES string of the molecule is [2H]C(C)(C)c1ccc(-n2c(-c3cc(C(C)C)cc(C(C)C)c3O)nc3c(-c4cc(-c5cc(-c6ccc(C)cc6)ccn5)cc(C(C)(C)C)c4)cccc32)c(-c2ccccc2)c1. The van der Waals surface area contributed by atoms with Gasteiger partial charge in [-0.25, -0.2) is 4.98 Å². The number of phenols is 1. The van der Waals surface area contributed by atoms with Gasteiger partial charge in [0.05, 0.1) is 28.0 Å². The molecule has 0 saturated carbocycles. The summed E-state index contributed by atoms with van der Waals surface area (Å²) in [7, 11) is 0. The van der Waals surface area contributed by atoms with E-state index in [4.69, 9.17) is 11.3 Å². The fraction of sp³-hybridized carbons (Fsp3) is 0.250. The molecule has 0 amide bonds. The summed E-state index contributed by atoms with van der Waals surface area (Å²) in [4.78, 5) is 10.5. The summed E-state index contributed by atoms with van der Waals surface area (Å²) in [6.45, 7) is 21.4. The van der Waals surface area contributed by atoms with E-state index >= 15 is 0 Å². The molecule has 0 radical (unpaired) electrons. The molecule has 0 atom stereocenters. The Hall–Kier alpha value is -6.26. The molecule has 8 rings (SSSR count). The molecule has 2 heterocycles. The normalized spacial score (nSPS) is 12.4. The molecule has 1 N–H and O–H groups in total. The van der Waals surface area contributed by atoms with Crippen molar-refractivity contribution in [2.75, 3.05) is 0 Å². The first-order valence-electron chi connectivity index (χ1n) is 21.8. The Morgan fingerprint density at radius 3 is 2.00 bits per heavy atom. The number of para-hydroxylation sites is 1. The summed E-state index contributed by atoms with van der Waals surface area (Å²) >= 11 is 0. The Balaban J connectivity index is 1.44. The van der Waals surface area contributed by atoms with E-state index in [-0.39, 0.29) is 23.0 Å². The second-order valence-corrected chi connectivity index (χ2v) is 18.2. The minimum Gasteiger partial charge on any atom is -0.507 e. The number of rotatable bonds is 9. The molecule has 60 heavy (non-hydrogen) atoms. The molecule has 0 fully saturated rings. The van der Waals surface area contributed by atoms with Crippen LogP contribution in [0, 0.1) is 6.92 Å². The van der Waals surface area contributed by atoms with Gasteiger partial charge in [0.2, 0.25) is 0 Å². The lowest BCUT2D eigenvalue weighted by atomic mass is 9.83. The predicted octanol–water partition coefficient (Wildman–Crippen LogP) is 15.4. The number of hydrogen-bond acceptors (Lipinski definition) is 3. The largest absolute Gasteiger partial charge is 0.507 e. The average molecular weight is 789 g/mol. The fourth-order valence-corrected chi connectivity index (χ4v) is 8.15. The van der Waals surface area contributed by atoms with Crippen LogP contribution in [0.4, 0.5) is 0 Å². The molecule has 6 aromatic carbocycles. The van der Waals surface area contributed by atoms with Crippen molar-refractivity contribution in [3.8, 4) is 67.5 Å². The molecule has 8 aromatic rings. The lowest BCUT2D eigenvalue weighted by Crippen LogP contribution is -2.11. The van der Waals surface area contributed by atoms with Crippen molar-refractivity contribution in [3.63, 3.8) is 0 Å². The summed E-state index contributed by atoms with van der Waals surface area (Å²) in [5.74, 6) is 0.440. The third-order valence-electron chi connectivity index (χ3n) is 11.8. The Morgan fingerprint density at radius 2 is 1.32 bits per heavy atom. The summed E-state index contributed by atoms with van der Waals surface area (Å²) < 4.78 is 11.2. The number of hydrogen-bond donors (Lipinski definition) is 1. The van der Waals surface area contributed by atoms with Crippen LogP contribution >= 0.6 is 0 Å². The Bertz CT molecular complexity index is 2890. The maximum atomic E-state index is 12.3. The van der Waals surface area contributed by atoms with Crippen molar-refractivity contribution in [1.82, 2.24) is 14.5 Å². The fourth-order valence-electron chi connectivity index (χ4n) is 8.15. The van der Waals surface area contributed by atoms with E-state index in [1.54, 1.807) is 0 Å². The second-order valence-electron chi connectivity index (χ2n) is 18.2. The monoisotopic (exact) mass is 788 g/mol. The minimum absolute atomic E-state index is 0.0981. The van der Waals surface area contributed by atoms with Crippen LogP contribution in [0.3, 0.4) is 0 Å². The molecule has 0 spiro atoms. The molecule has 0 unspecified atom stereocenters. The smallest absolute Gasteiger partial charge is 0.149 e. The van der Waals surface area contributed by atoms with E-state index in [0.29, 0.717) is 11.4 Å². The van der Waals surface area contributed by atoms with Crippen LogP contribution in [0.2, 0.25) is 0 Å². The number of phenolic OH excluding ortho intramolecular Hbond substituents is 1. The van der Waals surface area contributed by atoms with Crippen molar-refractivity contribution >= 4 is 11.0 Å². The van der Waals surface area contributed by atoms with Crippen LogP contribution in [0.25, 0.3) is 72.7 Å². The summed E-state index contributed by atoms with van der Waals surface area (Å²) in [5.41, 5.74) is 16.9. The van der Waals surface area contributed by atoms with Gasteiger partial charge in [0.1, 0.15) is 11.6 Å². The molecular formula is C56H57N3O. The first kappa shape index (κ1) is 39.2. The number of pyridine rings is 1. The van der Waals surface area contributed by atoms with Crippen LogP contribution in [-0.2, 0) is 5.41 Å². The van der Waals surface area contributed by atoms with E-state index in [2.05, 4.69) is 187 Å². The number of aryl methyl sites for hydroxylation is 1. The molecule has 302 valence electrons. The predicted molar refractivity (Wildman–Crippen MR) is 253 cm³/mol. The number of imidazole rings is 1. The van der Waals surface area contributed by atoms with E-state index in [1.165, 1.54) is 11.1 Å². The third-order valence-corrected chi connectivity index (χ3v) is 11.8. The molecule has 4 nitrogen and oxygen atoms in total. The van der Waals surface area contributed by atoms with Gasteiger partial charge in [0.15, 0.2) is 0 Å². The van der Waals surface area contributed by atoms with Crippen LogP contribution < -0.4 is 0 Å². The van der Waals surface area contributed by atoms with Crippen LogP contribution in [0.1, 0.15) is 109 Å². The number of nitrogens with zero attached hydrogens (tertiary/aromatic N) is 3. The molecule has 4 heteroatoms. The highest BCUT2D eigenvalue weighted by molar-refractivity contribution is 5.98. The number of aromatic hydroxyl groups is 1. The Morgan fingerprint density at radius 1 is 0.600 bits per heavy atom. The van der Waals surface area contributed by atoms with Gasteiger partial charge in [0, 0.05) is 24.3 Å². The van der Waals surface area contributed by atoms with Gasteiger partial charge in [-0.2, -0.15) is 0 Å². The van der Waals surface area contributed by atoms with Crippen molar-refractivity contribution in [1.29, 1.82) is 0 Å². The lowest BCUT2D eigenvalue weighted by Gasteiger charge is -2.22. The summed E-state index contributed by atoms with van der Waals surface area (Å²) in [6, 6.07) is 47.2. The molecule has 0 aliphatic carbocycles. The molecule has 0 saturated heterocycles. The Labute approximate surface area is 358 Å². The van der Waals surface area contributed by atoms with Crippen LogP contribution in [-0.4, -0.2) is 19.6 Å². The molecule has 0 aliphatic rings. The lowest BCUT2D eigenvalue weighted by molar-refractivity contribution is 0.466. The molecule has 0 aliphatic heterocycles. The maximum absolute atomic E-state index is 12.3. The highest BCUT2D eigenvalue weighted by Crippen LogP contribution is 2.44. The summed E-state index contributed by atoms with van der Waals surface area (Å²) in [6.07, 6.45) is 1.91. The minimum atomic E-state index is -0.810. The van der Waals surface area contributed by atoms with E-state index < -0.39 is 5.89 Å². The summed E-state index contributed by atoms with van der Waals surface area (Å²) in [5, 5.41) is 12.3. The molecular weight excluding hydrogens is 731 g/mol. The Kier molecular flexibility index (Phi) is 10.5. The molecule has 0 bridgehead atoms. The van der Waals surface area contributed by atoms with Gasteiger partial charge in [-0.3, -0.25) is 9.55 Å². The van der Waals surface area contributed by atoms with Gasteiger partial charge in [0.25, 0.3) is 0 Å². The van der Waals surface area contributed by atoms with Crippen molar-refractivity contribution in [2.24, 2.45) is 0 Å². The van der Waals surface area contributed by atoms with Crippen molar-refractivity contribution in [3.05, 3.63) is 167 Å². The van der Waals surface area contributed by atoms with Gasteiger partial charge < -0.3 is 5.11 Å². The van der Waals surface area contributed by atoms with Crippen LogP contribution in [0.15, 0.2) is 140 Å². The molecule has 2 aromatic heterocycles. The average Bonchev–Trinajstić information content (AvgIpc) is 3.62. The first-order chi connectivity index (χ1) is 29.0. The zero-order chi connectivity index (χ0) is 43.4. The zero-order valence-electron chi connectivity index (χ0n) is 37.7. The van der Waals surface area contributed by atoms with Crippen molar-refractivity contribution in [2.45, 2.75) is 92.4 Å². The second kappa shape index (κ2) is 16.1. The number of aromatic nitrogens is 3. The maximum Gasteiger partial charge on any atom is 0.149 e. The van der Waals surface area contributed by atoms with E-state index in [9.17, 15) is 5.11 Å². The topological polar surface area (TPSA) is 50.9 Å². The van der Waals surface area contributed by atoms with Crippen molar-refractivity contribution < 1.29 is 6.48 Å². The van der Waals surface area contributed by atoms with E-state index in [0.717, 1.165) is 78.0 Å². The third kappa shape index (κ3) is 7.79. The first-order valence-corrected chi connectivity index (χ1v) is 21.3. The number of benzene rings is 6. The van der Waals surface area contributed by atoms with Gasteiger partial charge in [-0.1, -0.05) is 153 Å². The highest BCUT2D eigenvalue weighted by atomic mass is 16.3. The highest BCUT2D eigenvalue weighted by Gasteiger charge is 2.26. The van der Waals surface area contributed by atoms with Gasteiger partial charge in [-0.15, -0.1) is 0 Å². The zero-order valence-corrected chi connectivity index (χ0v) is 36.7. The van der Waals surface area contributed by atoms with Crippen LogP contribution in [0.5, 0.6) is 5.75 Å². The van der Waals surface area contributed by atoms with E-state index in [1.807, 2.05) is 26.1 Å².